The van der Waals surface area contributed by atoms with E-state index in [9.17, 15) is 14.4 Å². The normalized spacial score (nSPS) is 10.5. The van der Waals surface area contributed by atoms with Crippen LogP contribution in [-0.4, -0.2) is 34.5 Å². The van der Waals surface area contributed by atoms with Crippen molar-refractivity contribution in [1.82, 2.24) is 34.5 Å². The van der Waals surface area contributed by atoms with Crippen LogP contribution in [0.2, 0.25) is 10.0 Å². The van der Waals surface area contributed by atoms with Crippen molar-refractivity contribution in [3.8, 4) is 29.3 Å². The van der Waals surface area contributed by atoms with Crippen LogP contribution in [0.3, 0.4) is 0 Å². The first kappa shape index (κ1) is 20.9. The number of ether oxygens (including phenoxy) is 1. The molecule has 3 heterocycles. The molecular weight excluding hydrogens is 463 g/mol. The summed E-state index contributed by atoms with van der Waals surface area (Å²) in [5.41, 5.74) is -2.76. The summed E-state index contributed by atoms with van der Waals surface area (Å²) in [6, 6.07) is 8.23. The first-order valence-electron chi connectivity index (χ1n) is 8.56. The van der Waals surface area contributed by atoms with Gasteiger partial charge in [-0.3, -0.25) is 14.6 Å². The van der Waals surface area contributed by atoms with Crippen LogP contribution in [0.5, 0.6) is 11.6 Å². The number of nitrogens with one attached hydrogen (secondary N) is 1. The van der Waals surface area contributed by atoms with Gasteiger partial charge in [-0.25, -0.2) is 14.8 Å². The van der Waals surface area contributed by atoms with Crippen LogP contribution in [0.25, 0.3) is 11.6 Å². The van der Waals surface area contributed by atoms with Gasteiger partial charge in [0.2, 0.25) is 11.6 Å². The second-order valence-corrected chi connectivity index (χ2v) is 6.76. The molecule has 0 fully saturated rings. The van der Waals surface area contributed by atoms with Gasteiger partial charge in [-0.15, -0.1) is 10.2 Å². The van der Waals surface area contributed by atoms with Crippen LogP contribution in [0.15, 0.2) is 57.1 Å². The molecule has 0 atom stereocenters. The predicted octanol–water partition coefficient (Wildman–Crippen LogP) is 1.23. The molecule has 0 spiro atoms. The monoisotopic (exact) mass is 470 g/mol. The lowest BCUT2D eigenvalue weighted by molar-refractivity contribution is 0.445. The Bertz CT molecular complexity index is 1530. The lowest BCUT2D eigenvalue weighted by Crippen LogP contribution is -2.33. The molecule has 1 N–H and O–H groups in total. The number of nitrogens with zero attached hydrogens (tertiary/aromatic N) is 7. The lowest BCUT2D eigenvalue weighted by atomic mass is 10.3. The zero-order valence-electron chi connectivity index (χ0n) is 15.6. The lowest BCUT2D eigenvalue weighted by Gasteiger charge is -2.12. The van der Waals surface area contributed by atoms with Crippen molar-refractivity contribution >= 4 is 23.2 Å². The Hall–Kier alpha value is -4.34. The molecule has 0 unspecified atom stereocenters. The zero-order valence-corrected chi connectivity index (χ0v) is 17.1. The standard InChI is InChI=1S/C18H8Cl2N8O4/c19-10-6-9(27-18(31)24-16(30)12(8-21)25-27)7-11(20)15(10)32-13-2-3-14(29)28(26-13)17-22-4-1-5-23-17/h1-7H,(H,24,30,31). The van der Waals surface area contributed by atoms with E-state index in [2.05, 4.69) is 20.2 Å². The molecule has 4 rings (SSSR count). The van der Waals surface area contributed by atoms with E-state index in [0.717, 1.165) is 9.36 Å². The van der Waals surface area contributed by atoms with Crippen molar-refractivity contribution in [2.45, 2.75) is 0 Å². The average molecular weight is 471 g/mol. The van der Waals surface area contributed by atoms with Crippen LogP contribution in [0.1, 0.15) is 5.69 Å². The highest BCUT2D eigenvalue weighted by atomic mass is 35.5. The van der Waals surface area contributed by atoms with Gasteiger partial charge in [0.25, 0.3) is 17.1 Å². The van der Waals surface area contributed by atoms with Crippen LogP contribution < -0.4 is 21.5 Å². The molecular formula is C18H8Cl2N8O4. The fraction of sp³-hybridized carbons (Fsp3) is 0. The van der Waals surface area contributed by atoms with E-state index >= 15 is 0 Å². The molecule has 0 radical (unpaired) electrons. The van der Waals surface area contributed by atoms with Gasteiger partial charge >= 0.3 is 5.69 Å². The Morgan fingerprint density at radius 3 is 2.34 bits per heavy atom. The van der Waals surface area contributed by atoms with Crippen molar-refractivity contribution in [2.24, 2.45) is 0 Å². The van der Waals surface area contributed by atoms with E-state index in [1.165, 1.54) is 36.7 Å². The quantitative estimate of drug-likeness (QED) is 0.461. The summed E-state index contributed by atoms with van der Waals surface area (Å²) < 4.78 is 7.32. The Morgan fingerprint density at radius 2 is 1.69 bits per heavy atom. The first-order valence-corrected chi connectivity index (χ1v) is 9.32. The molecule has 158 valence electrons. The third-order valence-electron chi connectivity index (χ3n) is 3.89. The number of nitriles is 1. The van der Waals surface area contributed by atoms with Crippen molar-refractivity contribution in [2.75, 3.05) is 0 Å². The third kappa shape index (κ3) is 3.97. The minimum atomic E-state index is -0.922. The number of halogens is 2. The van der Waals surface area contributed by atoms with Crippen molar-refractivity contribution in [1.29, 1.82) is 5.26 Å². The average Bonchev–Trinajstić information content (AvgIpc) is 2.78. The molecule has 4 aromatic rings. The predicted molar refractivity (Wildman–Crippen MR) is 111 cm³/mol. The molecule has 0 aliphatic heterocycles. The number of benzene rings is 1. The number of hydrogen-bond acceptors (Lipinski definition) is 9. The van der Waals surface area contributed by atoms with Crippen molar-refractivity contribution in [3.63, 3.8) is 0 Å². The molecule has 0 amide bonds. The van der Waals surface area contributed by atoms with Crippen LogP contribution >= 0.6 is 23.2 Å². The van der Waals surface area contributed by atoms with E-state index in [0.29, 0.717) is 0 Å². The van der Waals surface area contributed by atoms with E-state index < -0.39 is 22.5 Å². The van der Waals surface area contributed by atoms with Gasteiger partial charge in [-0.1, -0.05) is 23.2 Å². The summed E-state index contributed by atoms with van der Waals surface area (Å²) in [5, 5.41) is 16.6. The molecule has 0 aliphatic rings. The number of hydrogen-bond donors (Lipinski definition) is 1. The number of H-pyrrole nitrogens is 1. The Balaban J connectivity index is 1.74. The topological polar surface area (TPSA) is 161 Å². The van der Waals surface area contributed by atoms with E-state index in [4.69, 9.17) is 33.2 Å². The molecule has 0 aliphatic carbocycles. The molecule has 0 saturated heterocycles. The second-order valence-electron chi connectivity index (χ2n) is 5.94. The molecule has 32 heavy (non-hydrogen) atoms. The first-order chi connectivity index (χ1) is 15.4. The molecule has 3 aromatic heterocycles. The summed E-state index contributed by atoms with van der Waals surface area (Å²) in [5.74, 6) is -0.0336. The molecule has 0 bridgehead atoms. The highest BCUT2D eigenvalue weighted by Crippen LogP contribution is 2.37. The van der Waals surface area contributed by atoms with E-state index in [1.54, 1.807) is 12.1 Å². The minimum absolute atomic E-state index is 0.0262. The van der Waals surface area contributed by atoms with Crippen molar-refractivity contribution in [3.05, 3.63) is 89.7 Å². The van der Waals surface area contributed by atoms with Gasteiger partial charge in [0.1, 0.15) is 6.07 Å². The van der Waals surface area contributed by atoms with Crippen molar-refractivity contribution < 1.29 is 4.74 Å². The summed E-state index contributed by atoms with van der Waals surface area (Å²) in [6.07, 6.45) is 2.89. The Morgan fingerprint density at radius 1 is 1.00 bits per heavy atom. The van der Waals surface area contributed by atoms with Crippen LogP contribution in [0.4, 0.5) is 0 Å². The maximum atomic E-state index is 12.1. The Kier molecular flexibility index (Phi) is 5.50. The van der Waals surface area contributed by atoms with Crippen LogP contribution in [0, 0.1) is 11.3 Å². The fourth-order valence-electron chi connectivity index (χ4n) is 2.51. The minimum Gasteiger partial charge on any atom is -0.434 e. The van der Waals surface area contributed by atoms with E-state index in [-0.39, 0.29) is 33.3 Å². The number of rotatable bonds is 4. The van der Waals surface area contributed by atoms with E-state index in [1.807, 2.05) is 4.98 Å². The van der Waals surface area contributed by atoms with Gasteiger partial charge in [0.15, 0.2) is 5.75 Å². The van der Waals surface area contributed by atoms with Gasteiger partial charge < -0.3 is 4.74 Å². The molecule has 14 heteroatoms. The molecule has 1 aromatic carbocycles. The fourth-order valence-corrected chi connectivity index (χ4v) is 3.06. The Labute approximate surface area is 186 Å². The summed E-state index contributed by atoms with van der Waals surface area (Å²) >= 11 is 12.5. The largest absolute Gasteiger partial charge is 0.434 e. The van der Waals surface area contributed by atoms with Gasteiger partial charge in [-0.05, 0) is 18.2 Å². The molecule has 12 nitrogen and oxygen atoms in total. The summed E-state index contributed by atoms with van der Waals surface area (Å²) in [6.45, 7) is 0. The SMILES string of the molecule is N#Cc1nn(-c2cc(Cl)c(Oc3ccc(=O)n(-c4ncccn4)n3)c(Cl)c2)c(=O)[nH]c1=O. The van der Waals surface area contributed by atoms with Crippen LogP contribution in [-0.2, 0) is 0 Å². The molecule has 0 saturated carbocycles. The van der Waals surface area contributed by atoms with Gasteiger partial charge in [-0.2, -0.15) is 14.6 Å². The number of aromatic nitrogens is 7. The maximum Gasteiger partial charge on any atom is 0.349 e. The smallest absolute Gasteiger partial charge is 0.349 e. The van der Waals surface area contributed by atoms with Gasteiger partial charge in [0, 0.05) is 24.5 Å². The summed E-state index contributed by atoms with van der Waals surface area (Å²) in [4.78, 5) is 45.6. The summed E-state index contributed by atoms with van der Waals surface area (Å²) in [7, 11) is 0. The highest BCUT2D eigenvalue weighted by molar-refractivity contribution is 6.37. The number of aromatic amines is 1. The highest BCUT2D eigenvalue weighted by Gasteiger charge is 2.16. The maximum absolute atomic E-state index is 12.1. The third-order valence-corrected chi connectivity index (χ3v) is 4.45. The zero-order chi connectivity index (χ0) is 22.8. The van der Waals surface area contributed by atoms with Gasteiger partial charge in [0.05, 0.1) is 15.7 Å². The second kappa shape index (κ2) is 8.42.